The van der Waals surface area contributed by atoms with Gasteiger partial charge in [-0.2, -0.15) is 0 Å². The lowest BCUT2D eigenvalue weighted by molar-refractivity contribution is 0.0505. The fraction of sp³-hybridized carbons (Fsp3) is 0.235. The summed E-state index contributed by atoms with van der Waals surface area (Å²) in [6.07, 6.45) is -0.262. The van der Waals surface area contributed by atoms with Crippen LogP contribution in [0.2, 0.25) is 0 Å². The van der Waals surface area contributed by atoms with Gasteiger partial charge in [0.05, 0.1) is 18.3 Å². The Kier molecular flexibility index (Phi) is 3.73. The van der Waals surface area contributed by atoms with E-state index in [2.05, 4.69) is 0 Å². The molecule has 0 bridgehead atoms. The predicted molar refractivity (Wildman–Crippen MR) is 79.2 cm³/mol. The highest BCUT2D eigenvalue weighted by molar-refractivity contribution is 5.87. The van der Waals surface area contributed by atoms with E-state index < -0.39 is 12.1 Å². The molecule has 2 aromatic carbocycles. The van der Waals surface area contributed by atoms with Crippen LogP contribution in [0.3, 0.4) is 0 Å². The van der Waals surface area contributed by atoms with Gasteiger partial charge in [0.1, 0.15) is 11.5 Å². The predicted octanol–water partition coefficient (Wildman–Crippen LogP) is 2.38. The number of phenols is 1. The van der Waals surface area contributed by atoms with Crippen LogP contribution >= 0.6 is 0 Å². The molecule has 0 amide bonds. The third kappa shape index (κ3) is 2.76. The molecule has 0 saturated heterocycles. The van der Waals surface area contributed by atoms with E-state index in [0.29, 0.717) is 24.3 Å². The average Bonchev–Trinajstić information content (AvgIpc) is 2.51. The van der Waals surface area contributed by atoms with Crippen molar-refractivity contribution >= 4 is 5.97 Å². The van der Waals surface area contributed by atoms with Crippen LogP contribution in [0.25, 0.3) is 0 Å². The Bertz CT molecular complexity index is 710. The largest absolute Gasteiger partial charge is 0.508 e. The van der Waals surface area contributed by atoms with Crippen molar-refractivity contribution in [3.63, 3.8) is 0 Å². The fourth-order valence-corrected chi connectivity index (χ4v) is 2.74. The van der Waals surface area contributed by atoms with Crippen molar-refractivity contribution in [1.82, 2.24) is 0 Å². The lowest BCUT2D eigenvalue weighted by Crippen LogP contribution is -2.27. The van der Waals surface area contributed by atoms with Crippen LogP contribution in [-0.4, -0.2) is 27.9 Å². The number of aliphatic hydroxyl groups excluding tert-OH is 1. The van der Waals surface area contributed by atoms with Gasteiger partial charge in [-0.3, -0.25) is 0 Å². The first-order valence-electron chi connectivity index (χ1n) is 7.00. The minimum atomic E-state index is -0.974. The van der Waals surface area contributed by atoms with Gasteiger partial charge in [0, 0.05) is 11.5 Å². The number of ether oxygens (including phenoxy) is 1. The zero-order chi connectivity index (χ0) is 15.7. The number of hydrogen-bond donors (Lipinski definition) is 3. The van der Waals surface area contributed by atoms with E-state index in [-0.39, 0.29) is 17.2 Å². The number of carbonyl (C=O) groups is 1. The van der Waals surface area contributed by atoms with Crippen LogP contribution in [0.15, 0.2) is 42.5 Å². The summed E-state index contributed by atoms with van der Waals surface area (Å²) in [6, 6.07) is 11.3. The second-order valence-electron chi connectivity index (χ2n) is 5.45. The monoisotopic (exact) mass is 300 g/mol. The summed E-state index contributed by atoms with van der Waals surface area (Å²) in [7, 11) is 0. The van der Waals surface area contributed by atoms with Gasteiger partial charge >= 0.3 is 5.97 Å². The van der Waals surface area contributed by atoms with Gasteiger partial charge in [-0.15, -0.1) is 0 Å². The summed E-state index contributed by atoms with van der Waals surface area (Å²) < 4.78 is 5.62. The number of aromatic carboxylic acids is 1. The van der Waals surface area contributed by atoms with E-state index in [1.54, 1.807) is 18.2 Å². The Morgan fingerprint density at radius 1 is 1.23 bits per heavy atom. The molecular weight excluding hydrogens is 284 g/mol. The van der Waals surface area contributed by atoms with Crippen molar-refractivity contribution in [3.05, 3.63) is 59.2 Å². The SMILES string of the molecule is O=C(O)c1cccc(CC2COc3ccc(O)cc3C2O)c1. The summed E-state index contributed by atoms with van der Waals surface area (Å²) in [6.45, 7) is 0.343. The molecule has 2 unspecified atom stereocenters. The molecule has 22 heavy (non-hydrogen) atoms. The molecule has 0 aromatic heterocycles. The molecule has 2 aromatic rings. The Hall–Kier alpha value is -2.53. The van der Waals surface area contributed by atoms with Gasteiger partial charge in [-0.05, 0) is 42.3 Å². The molecule has 0 saturated carbocycles. The van der Waals surface area contributed by atoms with Gasteiger partial charge in [0.25, 0.3) is 0 Å². The molecule has 114 valence electrons. The zero-order valence-electron chi connectivity index (χ0n) is 11.8. The highest BCUT2D eigenvalue weighted by Crippen LogP contribution is 2.38. The van der Waals surface area contributed by atoms with Crippen molar-refractivity contribution in [2.45, 2.75) is 12.5 Å². The van der Waals surface area contributed by atoms with Crippen LogP contribution in [0, 0.1) is 5.92 Å². The number of rotatable bonds is 3. The van der Waals surface area contributed by atoms with Crippen molar-refractivity contribution in [2.75, 3.05) is 6.61 Å². The summed E-state index contributed by atoms with van der Waals surface area (Å²) in [4.78, 5) is 11.0. The molecule has 2 atom stereocenters. The minimum Gasteiger partial charge on any atom is -0.508 e. The molecule has 3 rings (SSSR count). The average molecular weight is 300 g/mol. The number of benzene rings is 2. The van der Waals surface area contributed by atoms with Crippen LogP contribution in [0.5, 0.6) is 11.5 Å². The zero-order valence-corrected chi connectivity index (χ0v) is 11.8. The number of carboxylic acid groups (broad SMARTS) is 1. The molecule has 1 heterocycles. The summed E-state index contributed by atoms with van der Waals surface area (Å²) in [5.74, 6) is -0.522. The van der Waals surface area contributed by atoms with Crippen LogP contribution in [-0.2, 0) is 6.42 Å². The Morgan fingerprint density at radius 3 is 2.82 bits per heavy atom. The van der Waals surface area contributed by atoms with Gasteiger partial charge in [0.2, 0.25) is 0 Å². The van der Waals surface area contributed by atoms with E-state index in [9.17, 15) is 15.0 Å². The molecule has 5 heteroatoms. The fourth-order valence-electron chi connectivity index (χ4n) is 2.74. The second-order valence-corrected chi connectivity index (χ2v) is 5.45. The first kappa shape index (κ1) is 14.4. The number of carboxylic acids is 1. The summed E-state index contributed by atoms with van der Waals surface area (Å²) in [5, 5.41) is 29.1. The van der Waals surface area contributed by atoms with Crippen LogP contribution < -0.4 is 4.74 Å². The van der Waals surface area contributed by atoms with Gasteiger partial charge in [-0.1, -0.05) is 12.1 Å². The van der Waals surface area contributed by atoms with E-state index in [1.165, 1.54) is 18.2 Å². The second kappa shape index (κ2) is 5.69. The normalized spacial score (nSPS) is 20.0. The summed E-state index contributed by atoms with van der Waals surface area (Å²) >= 11 is 0. The standard InChI is InChI=1S/C17H16O5/c18-13-4-5-15-14(8-13)16(19)12(9-22-15)7-10-2-1-3-11(6-10)17(20)21/h1-6,8,12,16,18-19H,7,9H2,(H,20,21). The van der Waals surface area contributed by atoms with Crippen molar-refractivity contribution in [3.8, 4) is 11.5 Å². The van der Waals surface area contributed by atoms with Crippen molar-refractivity contribution in [2.24, 2.45) is 5.92 Å². The molecule has 0 aliphatic carbocycles. The van der Waals surface area contributed by atoms with Crippen molar-refractivity contribution in [1.29, 1.82) is 0 Å². The third-order valence-electron chi connectivity index (χ3n) is 3.88. The van der Waals surface area contributed by atoms with Gasteiger partial charge in [-0.25, -0.2) is 4.79 Å². The van der Waals surface area contributed by atoms with E-state index in [1.807, 2.05) is 6.07 Å². The number of fused-ring (bicyclic) bond motifs is 1. The molecule has 5 nitrogen and oxygen atoms in total. The number of aliphatic hydroxyl groups is 1. The first-order valence-corrected chi connectivity index (χ1v) is 7.00. The molecule has 1 aliphatic rings. The third-order valence-corrected chi connectivity index (χ3v) is 3.88. The lowest BCUT2D eigenvalue weighted by Gasteiger charge is -2.30. The first-order chi connectivity index (χ1) is 10.5. The summed E-state index contributed by atoms with van der Waals surface area (Å²) in [5.41, 5.74) is 1.61. The molecule has 0 spiro atoms. The number of hydrogen-bond acceptors (Lipinski definition) is 4. The maximum atomic E-state index is 11.0. The van der Waals surface area contributed by atoms with E-state index in [0.717, 1.165) is 5.56 Å². The highest BCUT2D eigenvalue weighted by atomic mass is 16.5. The maximum absolute atomic E-state index is 11.0. The topological polar surface area (TPSA) is 87.0 Å². The number of aromatic hydroxyl groups is 1. The maximum Gasteiger partial charge on any atom is 0.335 e. The minimum absolute atomic E-state index is 0.0786. The lowest BCUT2D eigenvalue weighted by atomic mass is 9.88. The van der Waals surface area contributed by atoms with Gasteiger partial charge < -0.3 is 20.1 Å². The molecule has 1 aliphatic heterocycles. The molecule has 3 N–H and O–H groups in total. The van der Waals surface area contributed by atoms with E-state index >= 15 is 0 Å². The van der Waals surface area contributed by atoms with E-state index in [4.69, 9.17) is 9.84 Å². The van der Waals surface area contributed by atoms with Crippen molar-refractivity contribution < 1.29 is 24.9 Å². The Morgan fingerprint density at radius 2 is 2.05 bits per heavy atom. The van der Waals surface area contributed by atoms with Crippen LogP contribution in [0.1, 0.15) is 27.6 Å². The smallest absolute Gasteiger partial charge is 0.335 e. The molecule has 0 fully saturated rings. The Labute approximate surface area is 127 Å². The van der Waals surface area contributed by atoms with Gasteiger partial charge in [0.15, 0.2) is 0 Å². The Balaban J connectivity index is 1.82. The highest BCUT2D eigenvalue weighted by Gasteiger charge is 2.29. The van der Waals surface area contributed by atoms with Crippen LogP contribution in [0.4, 0.5) is 0 Å². The number of phenolic OH excluding ortho intramolecular Hbond substituents is 1. The quantitative estimate of drug-likeness (QED) is 0.810. The molecular formula is C17H16O5. The molecule has 0 radical (unpaired) electrons.